The normalized spacial score (nSPS) is 12.4. The Kier molecular flexibility index (Phi) is 7.47. The lowest BCUT2D eigenvalue weighted by molar-refractivity contribution is 0.562. The van der Waals surface area contributed by atoms with Crippen molar-refractivity contribution in [1.29, 1.82) is 0 Å². The van der Waals surface area contributed by atoms with Crippen LogP contribution in [0.2, 0.25) is 0 Å². The molecule has 0 aliphatic heterocycles. The van der Waals surface area contributed by atoms with E-state index in [1.54, 1.807) is 0 Å². The van der Waals surface area contributed by atoms with Crippen LogP contribution in [0.3, 0.4) is 0 Å². The summed E-state index contributed by atoms with van der Waals surface area (Å²) < 4.78 is 0. The van der Waals surface area contributed by atoms with Crippen molar-refractivity contribution in [3.05, 3.63) is 120 Å². The number of hydrogen-bond donors (Lipinski definition) is 1. The number of nitrogens with one attached hydrogen (secondary N) is 1. The summed E-state index contributed by atoms with van der Waals surface area (Å²) in [6, 6.07) is 30.1. The lowest BCUT2D eigenvalue weighted by Crippen LogP contribution is -2.28. The Bertz CT molecular complexity index is 938. The van der Waals surface area contributed by atoms with Crippen molar-refractivity contribution in [2.45, 2.75) is 39.2 Å². The van der Waals surface area contributed by atoms with Crippen LogP contribution in [0, 0.1) is 6.92 Å². The summed E-state index contributed by atoms with van der Waals surface area (Å²) in [4.78, 5) is 0. The van der Waals surface area contributed by atoms with Gasteiger partial charge in [-0.1, -0.05) is 97.6 Å². The monoisotopic (exact) mass is 381 g/mol. The molecule has 3 aromatic carbocycles. The molecule has 0 heterocycles. The summed E-state index contributed by atoms with van der Waals surface area (Å²) in [6.07, 6.45) is 5.33. The van der Waals surface area contributed by atoms with E-state index >= 15 is 0 Å². The lowest BCUT2D eigenvalue weighted by atomic mass is 9.92. The molecule has 0 spiro atoms. The van der Waals surface area contributed by atoms with Crippen LogP contribution >= 0.6 is 0 Å². The second-order valence-electron chi connectivity index (χ2n) is 7.54. The van der Waals surface area contributed by atoms with Gasteiger partial charge in [0.25, 0.3) is 0 Å². The van der Waals surface area contributed by atoms with Gasteiger partial charge >= 0.3 is 0 Å². The Morgan fingerprint density at radius 3 is 2.17 bits per heavy atom. The number of rotatable bonds is 9. The molecule has 0 fully saturated rings. The highest BCUT2D eigenvalue weighted by molar-refractivity contribution is 5.69. The summed E-state index contributed by atoms with van der Waals surface area (Å²) in [5.74, 6) is 0. The smallest absolute Gasteiger partial charge is 0.0343 e. The predicted molar refractivity (Wildman–Crippen MR) is 127 cm³/mol. The standard InChI is InChI=1S/C28H31N/c1-4-25(28-18-12-11-13-22(28)2)21-27(20-19-24-14-7-5-8-15-24)29-23(3)26-16-9-6-10-17-26/h4-18,27,29H,3,19-21H2,1-2H3/b25-4-. The third-order valence-electron chi connectivity index (χ3n) is 5.43. The minimum Gasteiger partial charge on any atom is -0.382 e. The molecule has 0 saturated carbocycles. The van der Waals surface area contributed by atoms with Gasteiger partial charge in [-0.2, -0.15) is 0 Å². The number of allylic oxidation sites excluding steroid dienone is 1. The third-order valence-corrected chi connectivity index (χ3v) is 5.43. The van der Waals surface area contributed by atoms with Gasteiger partial charge in [-0.25, -0.2) is 0 Å². The Morgan fingerprint density at radius 1 is 0.897 bits per heavy atom. The molecule has 0 aliphatic carbocycles. The summed E-state index contributed by atoms with van der Waals surface area (Å²) >= 11 is 0. The maximum Gasteiger partial charge on any atom is 0.0343 e. The van der Waals surface area contributed by atoms with Crippen LogP contribution in [-0.2, 0) is 6.42 Å². The van der Waals surface area contributed by atoms with Gasteiger partial charge in [-0.3, -0.25) is 0 Å². The molecule has 1 atom stereocenters. The molecule has 0 saturated heterocycles. The third kappa shape index (κ3) is 5.96. The zero-order valence-corrected chi connectivity index (χ0v) is 17.6. The highest BCUT2D eigenvalue weighted by Crippen LogP contribution is 2.26. The van der Waals surface area contributed by atoms with E-state index < -0.39 is 0 Å². The molecule has 29 heavy (non-hydrogen) atoms. The second-order valence-corrected chi connectivity index (χ2v) is 7.54. The molecular weight excluding hydrogens is 350 g/mol. The van der Waals surface area contributed by atoms with E-state index in [9.17, 15) is 0 Å². The van der Waals surface area contributed by atoms with Crippen LogP contribution in [0.15, 0.2) is 97.6 Å². The highest BCUT2D eigenvalue weighted by atomic mass is 14.9. The van der Waals surface area contributed by atoms with Crippen molar-refractivity contribution in [3.8, 4) is 0 Å². The van der Waals surface area contributed by atoms with Gasteiger partial charge in [0, 0.05) is 11.7 Å². The van der Waals surface area contributed by atoms with Crippen LogP contribution in [0.5, 0.6) is 0 Å². The molecule has 1 heteroatoms. The Morgan fingerprint density at radius 2 is 1.52 bits per heavy atom. The number of hydrogen-bond acceptors (Lipinski definition) is 1. The summed E-state index contributed by atoms with van der Waals surface area (Å²) in [6.45, 7) is 8.64. The summed E-state index contributed by atoms with van der Waals surface area (Å²) in [5, 5.41) is 3.72. The molecular formula is C28H31N. The summed E-state index contributed by atoms with van der Waals surface area (Å²) in [5.41, 5.74) is 7.56. The van der Waals surface area contributed by atoms with Crippen molar-refractivity contribution in [1.82, 2.24) is 5.32 Å². The Balaban J connectivity index is 1.77. The van der Waals surface area contributed by atoms with E-state index in [0.717, 1.165) is 30.5 Å². The van der Waals surface area contributed by atoms with Crippen molar-refractivity contribution >= 4 is 11.3 Å². The van der Waals surface area contributed by atoms with E-state index in [1.807, 2.05) is 6.07 Å². The quantitative estimate of drug-likeness (QED) is 0.419. The Labute approximate surface area is 175 Å². The van der Waals surface area contributed by atoms with Gasteiger partial charge in [0.05, 0.1) is 0 Å². The van der Waals surface area contributed by atoms with E-state index in [1.165, 1.54) is 22.3 Å². The maximum atomic E-state index is 4.31. The van der Waals surface area contributed by atoms with Gasteiger partial charge in [0.1, 0.15) is 0 Å². The van der Waals surface area contributed by atoms with Crippen LogP contribution in [-0.4, -0.2) is 6.04 Å². The van der Waals surface area contributed by atoms with Gasteiger partial charge in [0.15, 0.2) is 0 Å². The molecule has 0 aliphatic rings. The van der Waals surface area contributed by atoms with Crippen LogP contribution < -0.4 is 5.32 Å². The van der Waals surface area contributed by atoms with Crippen molar-refractivity contribution in [3.63, 3.8) is 0 Å². The molecule has 1 N–H and O–H groups in total. The minimum absolute atomic E-state index is 0.314. The topological polar surface area (TPSA) is 12.0 Å². The van der Waals surface area contributed by atoms with E-state index in [-0.39, 0.29) is 0 Å². The van der Waals surface area contributed by atoms with E-state index in [0.29, 0.717) is 6.04 Å². The minimum atomic E-state index is 0.314. The first-order chi connectivity index (χ1) is 14.2. The predicted octanol–water partition coefficient (Wildman–Crippen LogP) is 7.05. The van der Waals surface area contributed by atoms with Crippen LogP contribution in [0.4, 0.5) is 0 Å². The first kappa shape index (κ1) is 20.7. The average molecular weight is 382 g/mol. The Hall–Kier alpha value is -3.06. The second kappa shape index (κ2) is 10.5. The van der Waals surface area contributed by atoms with Crippen LogP contribution in [0.1, 0.15) is 42.0 Å². The molecule has 148 valence electrons. The first-order valence-electron chi connectivity index (χ1n) is 10.4. The zero-order chi connectivity index (χ0) is 20.5. The van der Waals surface area contributed by atoms with Crippen molar-refractivity contribution in [2.75, 3.05) is 0 Å². The van der Waals surface area contributed by atoms with E-state index in [2.05, 4.69) is 111 Å². The fraction of sp³-hybridized carbons (Fsp3) is 0.214. The van der Waals surface area contributed by atoms with Crippen molar-refractivity contribution < 1.29 is 0 Å². The largest absolute Gasteiger partial charge is 0.382 e. The van der Waals surface area contributed by atoms with Gasteiger partial charge in [-0.15, -0.1) is 0 Å². The SMILES string of the molecule is C=C(NC(CCc1ccccc1)C/C(=C/C)c1ccccc1C)c1ccccc1. The molecule has 1 nitrogen and oxygen atoms in total. The summed E-state index contributed by atoms with van der Waals surface area (Å²) in [7, 11) is 0. The molecule has 0 radical (unpaired) electrons. The van der Waals surface area contributed by atoms with Crippen LogP contribution in [0.25, 0.3) is 11.3 Å². The molecule has 3 aromatic rings. The fourth-order valence-electron chi connectivity index (χ4n) is 3.76. The molecule has 0 bridgehead atoms. The molecule has 0 aromatic heterocycles. The van der Waals surface area contributed by atoms with Gasteiger partial charge in [-0.05, 0) is 60.9 Å². The molecule has 1 unspecified atom stereocenters. The number of aryl methyl sites for hydroxylation is 2. The lowest BCUT2D eigenvalue weighted by Gasteiger charge is -2.24. The van der Waals surface area contributed by atoms with E-state index in [4.69, 9.17) is 0 Å². The van der Waals surface area contributed by atoms with Gasteiger partial charge < -0.3 is 5.32 Å². The highest BCUT2D eigenvalue weighted by Gasteiger charge is 2.15. The maximum absolute atomic E-state index is 4.31. The van der Waals surface area contributed by atoms with Crippen molar-refractivity contribution in [2.24, 2.45) is 0 Å². The number of benzene rings is 3. The first-order valence-corrected chi connectivity index (χ1v) is 10.4. The molecule has 0 amide bonds. The average Bonchev–Trinajstić information content (AvgIpc) is 2.77. The van der Waals surface area contributed by atoms with Gasteiger partial charge in [0.2, 0.25) is 0 Å². The fourth-order valence-corrected chi connectivity index (χ4v) is 3.76. The zero-order valence-electron chi connectivity index (χ0n) is 17.6. The molecule has 3 rings (SSSR count).